The lowest BCUT2D eigenvalue weighted by Crippen LogP contribution is -1.47. The fourth-order valence-electron chi connectivity index (χ4n) is 0.385. The first-order valence-electron chi connectivity index (χ1n) is 6.23. The van der Waals surface area contributed by atoms with Crippen LogP contribution in [0.25, 0.3) is 0 Å². The molecule has 0 aliphatic heterocycles. The minimum atomic E-state index is 1.25. The van der Waals surface area contributed by atoms with Gasteiger partial charge in [-0.1, -0.05) is 84.4 Å². The van der Waals surface area contributed by atoms with Crippen molar-refractivity contribution >= 4 is 11.8 Å². The predicted octanol–water partition coefficient (Wildman–Crippen LogP) is 6.13. The standard InChI is InChI=1S/C6H6.C3H8.C2H6S.2C2H6/c1-2-4-6-5-3-1;2*1-3-2;2*1-2/h1-6H;3H2,1-2H3;1-2H3;2*1-2H3. The first kappa shape index (κ1) is 24.7. The lowest BCUT2D eigenvalue weighted by molar-refractivity contribution is 1.09. The van der Waals surface area contributed by atoms with E-state index >= 15 is 0 Å². The van der Waals surface area contributed by atoms with Gasteiger partial charge in [-0.05, 0) is 12.5 Å². The molecule has 1 aromatic carbocycles. The van der Waals surface area contributed by atoms with Crippen LogP contribution in [0, 0.1) is 0 Å². The van der Waals surface area contributed by atoms with Crippen LogP contribution >= 0.6 is 11.8 Å². The van der Waals surface area contributed by atoms with Gasteiger partial charge in [0.25, 0.3) is 0 Å². The number of hydrogen-bond donors (Lipinski definition) is 0. The van der Waals surface area contributed by atoms with Gasteiger partial charge in [-0.3, -0.25) is 0 Å². The van der Waals surface area contributed by atoms with Crippen molar-refractivity contribution in [1.29, 1.82) is 0 Å². The van der Waals surface area contributed by atoms with Gasteiger partial charge in [0.15, 0.2) is 0 Å². The number of thioether (sulfide) groups is 1. The lowest BCUT2D eigenvalue weighted by atomic mass is 10.4. The number of hydrogen-bond acceptors (Lipinski definition) is 1. The van der Waals surface area contributed by atoms with E-state index in [0.717, 1.165) is 0 Å². The highest BCUT2D eigenvalue weighted by Gasteiger charge is 1.57. The molecule has 16 heavy (non-hydrogen) atoms. The fraction of sp³-hybridized carbons (Fsp3) is 0.600. The van der Waals surface area contributed by atoms with Crippen molar-refractivity contribution < 1.29 is 0 Å². The highest BCUT2D eigenvalue weighted by molar-refractivity contribution is 7.97. The summed E-state index contributed by atoms with van der Waals surface area (Å²) in [6, 6.07) is 12.0. The summed E-state index contributed by atoms with van der Waals surface area (Å²) in [5.41, 5.74) is 0. The third kappa shape index (κ3) is 69.1. The Hall–Kier alpha value is -0.430. The van der Waals surface area contributed by atoms with Crippen molar-refractivity contribution in [2.24, 2.45) is 0 Å². The van der Waals surface area contributed by atoms with Crippen LogP contribution < -0.4 is 0 Å². The summed E-state index contributed by atoms with van der Waals surface area (Å²) >= 11 is 1.75. The van der Waals surface area contributed by atoms with Crippen molar-refractivity contribution in [2.45, 2.75) is 48.0 Å². The first-order chi connectivity index (χ1) is 7.83. The van der Waals surface area contributed by atoms with Crippen LogP contribution in [0.15, 0.2) is 36.4 Å². The average molecular weight is 244 g/mol. The second kappa shape index (κ2) is 46.8. The van der Waals surface area contributed by atoms with E-state index in [1.807, 2.05) is 76.6 Å². The monoisotopic (exact) mass is 244 g/mol. The van der Waals surface area contributed by atoms with Gasteiger partial charge in [-0.15, -0.1) is 0 Å². The van der Waals surface area contributed by atoms with Crippen LogP contribution in [-0.2, 0) is 0 Å². The molecule has 0 bridgehead atoms. The summed E-state index contributed by atoms with van der Waals surface area (Å²) < 4.78 is 0. The highest BCUT2D eigenvalue weighted by Crippen LogP contribution is 1.79. The second-order valence-electron chi connectivity index (χ2n) is 2.27. The fourth-order valence-corrected chi connectivity index (χ4v) is 0.385. The number of rotatable bonds is 0. The zero-order valence-electron chi connectivity index (χ0n) is 12.6. The highest BCUT2D eigenvalue weighted by atomic mass is 32.2. The second-order valence-corrected chi connectivity index (χ2v) is 3.09. The summed E-state index contributed by atoms with van der Waals surface area (Å²) in [4.78, 5) is 0. The molecule has 0 aliphatic carbocycles. The summed E-state index contributed by atoms with van der Waals surface area (Å²) in [5.74, 6) is 0. The van der Waals surface area contributed by atoms with Gasteiger partial charge in [0.2, 0.25) is 0 Å². The molecule has 0 fully saturated rings. The van der Waals surface area contributed by atoms with E-state index in [9.17, 15) is 0 Å². The van der Waals surface area contributed by atoms with Crippen LogP contribution in [-0.4, -0.2) is 12.5 Å². The van der Waals surface area contributed by atoms with E-state index in [-0.39, 0.29) is 0 Å². The van der Waals surface area contributed by atoms with E-state index < -0.39 is 0 Å². The van der Waals surface area contributed by atoms with Crippen LogP contribution in [0.2, 0.25) is 0 Å². The summed E-state index contributed by atoms with van der Waals surface area (Å²) in [7, 11) is 0. The third-order valence-corrected chi connectivity index (χ3v) is 0.667. The van der Waals surface area contributed by atoms with Crippen molar-refractivity contribution in [3.05, 3.63) is 36.4 Å². The topological polar surface area (TPSA) is 0 Å². The molecule has 1 aromatic rings. The van der Waals surface area contributed by atoms with Crippen molar-refractivity contribution in [1.82, 2.24) is 0 Å². The van der Waals surface area contributed by atoms with Gasteiger partial charge in [0.1, 0.15) is 0 Å². The van der Waals surface area contributed by atoms with E-state index in [1.54, 1.807) is 11.8 Å². The Morgan fingerprint density at radius 2 is 0.688 bits per heavy atom. The zero-order valence-corrected chi connectivity index (χ0v) is 13.4. The summed E-state index contributed by atoms with van der Waals surface area (Å²) in [6.45, 7) is 12.2. The first-order valence-corrected chi connectivity index (χ1v) is 7.86. The largest absolute Gasteiger partial charge is 0.169 e. The number of benzene rings is 1. The molecule has 0 spiro atoms. The molecule has 0 radical (unpaired) electrons. The Labute approximate surface area is 109 Å². The Morgan fingerprint density at radius 1 is 0.625 bits per heavy atom. The molecule has 0 nitrogen and oxygen atoms in total. The molecule has 0 amide bonds. The molecule has 0 aliphatic rings. The molecule has 0 saturated carbocycles. The molecule has 0 heterocycles. The molecule has 98 valence electrons. The lowest BCUT2D eigenvalue weighted by Gasteiger charge is -1.69. The van der Waals surface area contributed by atoms with Gasteiger partial charge in [0.05, 0.1) is 0 Å². The van der Waals surface area contributed by atoms with Crippen molar-refractivity contribution in [2.75, 3.05) is 12.5 Å². The Bertz CT molecular complexity index is 97.4. The molecule has 0 unspecified atom stereocenters. The maximum Gasteiger partial charge on any atom is -0.0187 e. The zero-order chi connectivity index (χ0) is 13.7. The average Bonchev–Trinajstić information content (AvgIpc) is 2.38. The molecule has 0 atom stereocenters. The maximum absolute atomic E-state index is 2.12. The van der Waals surface area contributed by atoms with E-state index in [0.29, 0.717) is 0 Å². The van der Waals surface area contributed by atoms with Crippen molar-refractivity contribution in [3.8, 4) is 0 Å². The Balaban J connectivity index is -0.0000000630. The maximum atomic E-state index is 2.12. The van der Waals surface area contributed by atoms with Crippen LogP contribution in [0.5, 0.6) is 0 Å². The van der Waals surface area contributed by atoms with E-state index in [2.05, 4.69) is 13.8 Å². The molecule has 0 N–H and O–H groups in total. The quantitative estimate of drug-likeness (QED) is 0.528. The minimum absolute atomic E-state index is 1.25. The van der Waals surface area contributed by atoms with Crippen LogP contribution in [0.3, 0.4) is 0 Å². The molecule has 0 saturated heterocycles. The van der Waals surface area contributed by atoms with Crippen molar-refractivity contribution in [3.63, 3.8) is 0 Å². The molecule has 1 heteroatoms. The van der Waals surface area contributed by atoms with E-state index in [1.165, 1.54) is 6.42 Å². The molecule has 1 rings (SSSR count). The Morgan fingerprint density at radius 3 is 0.750 bits per heavy atom. The van der Waals surface area contributed by atoms with Gasteiger partial charge in [0, 0.05) is 0 Å². The predicted molar refractivity (Wildman–Crippen MR) is 84.5 cm³/mol. The van der Waals surface area contributed by atoms with Gasteiger partial charge < -0.3 is 0 Å². The molecule has 0 aromatic heterocycles. The van der Waals surface area contributed by atoms with Gasteiger partial charge >= 0.3 is 0 Å². The normalized spacial score (nSPS) is 6.00. The summed E-state index contributed by atoms with van der Waals surface area (Å²) in [5, 5.41) is 0. The summed E-state index contributed by atoms with van der Waals surface area (Å²) in [6.07, 6.45) is 5.33. The van der Waals surface area contributed by atoms with Gasteiger partial charge in [-0.2, -0.15) is 11.8 Å². The van der Waals surface area contributed by atoms with Gasteiger partial charge in [-0.25, -0.2) is 0 Å². The van der Waals surface area contributed by atoms with E-state index in [4.69, 9.17) is 0 Å². The molecular formula is C15H32S. The smallest absolute Gasteiger partial charge is 0.0187 e. The third-order valence-electron chi connectivity index (χ3n) is 0.667. The Kier molecular flexibility index (Phi) is 72.3. The molecular weight excluding hydrogens is 212 g/mol. The van der Waals surface area contributed by atoms with Crippen LogP contribution in [0.4, 0.5) is 0 Å². The van der Waals surface area contributed by atoms with Crippen LogP contribution in [0.1, 0.15) is 48.0 Å². The minimum Gasteiger partial charge on any atom is -0.169 e. The SMILES string of the molecule is CC.CC.CCC.CSC.c1ccccc1.